The number of hydrogen-bond donors (Lipinski definition) is 0. The van der Waals surface area contributed by atoms with Gasteiger partial charge in [0.25, 0.3) is 0 Å². The third kappa shape index (κ3) is 4.24. The molecule has 3 aromatic rings. The van der Waals surface area contributed by atoms with E-state index in [2.05, 4.69) is 10.2 Å². The predicted molar refractivity (Wildman–Crippen MR) is 111 cm³/mol. The van der Waals surface area contributed by atoms with Crippen molar-refractivity contribution in [2.45, 2.75) is 57.8 Å². The van der Waals surface area contributed by atoms with Crippen LogP contribution in [0.25, 0.3) is 16.8 Å². The number of carbonyl (C=O) groups is 1. The van der Waals surface area contributed by atoms with Crippen LogP contribution in [-0.4, -0.2) is 60.2 Å². The number of aryl methyl sites for hydroxylation is 1. The second-order valence-electron chi connectivity index (χ2n) is 8.79. The summed E-state index contributed by atoms with van der Waals surface area (Å²) in [7, 11) is 3.66. The third-order valence-corrected chi connectivity index (χ3v) is 5.22. The van der Waals surface area contributed by atoms with Crippen LogP contribution in [-0.2, 0) is 11.8 Å². The van der Waals surface area contributed by atoms with E-state index < -0.39 is 5.60 Å². The van der Waals surface area contributed by atoms with Gasteiger partial charge >= 0.3 is 6.09 Å². The molecule has 1 aliphatic rings. The quantitative estimate of drug-likeness (QED) is 0.653. The van der Waals surface area contributed by atoms with E-state index in [9.17, 15) is 4.79 Å². The molecular weight excluding hydrogens is 384 g/mol. The second-order valence-corrected chi connectivity index (χ2v) is 8.79. The number of nitrogens with zero attached hydrogens (tertiary/aromatic N) is 6. The lowest BCUT2D eigenvalue weighted by atomic mass is 10.2. The Bertz CT molecular complexity index is 1050. The Balaban J connectivity index is 1.50. The summed E-state index contributed by atoms with van der Waals surface area (Å²) in [6.45, 7) is 5.62. The first-order valence-electron chi connectivity index (χ1n) is 10.2. The van der Waals surface area contributed by atoms with Crippen molar-refractivity contribution < 1.29 is 14.3 Å². The maximum Gasteiger partial charge on any atom is 0.410 e. The molecule has 4 rings (SSSR count). The normalized spacial score (nSPS) is 19.2. The van der Waals surface area contributed by atoms with Gasteiger partial charge in [0.05, 0.1) is 24.3 Å². The molecule has 0 bridgehead atoms. The molecule has 1 aliphatic carbocycles. The van der Waals surface area contributed by atoms with Gasteiger partial charge in [-0.15, -0.1) is 0 Å². The number of carbonyl (C=O) groups excluding carboxylic acids is 1. The fourth-order valence-corrected chi connectivity index (χ4v) is 3.69. The molecule has 1 fully saturated rings. The lowest BCUT2D eigenvalue weighted by Crippen LogP contribution is -2.40. The Labute approximate surface area is 175 Å². The minimum absolute atomic E-state index is 0.0322. The van der Waals surface area contributed by atoms with Crippen LogP contribution in [0.2, 0.25) is 0 Å². The summed E-state index contributed by atoms with van der Waals surface area (Å²) in [4.78, 5) is 18.8. The molecule has 0 aliphatic heterocycles. The molecule has 0 unspecified atom stereocenters. The van der Waals surface area contributed by atoms with Crippen LogP contribution in [0, 0.1) is 0 Å². The average Bonchev–Trinajstić information content (AvgIpc) is 3.39. The molecule has 0 saturated heterocycles. The van der Waals surface area contributed by atoms with Crippen molar-refractivity contribution in [1.82, 2.24) is 29.3 Å². The summed E-state index contributed by atoms with van der Waals surface area (Å²) in [5, 5.41) is 8.57. The molecule has 2 atom stereocenters. The first kappa shape index (κ1) is 20.2. The number of amides is 1. The standard InChI is InChI=1S/C21H28N6O3/c1-21(2,3)30-20(28)26(5)15-6-7-16(10-15)29-19-18-8-9-22-27(18)13-17(24-19)14-11-23-25(4)12-14/h8-9,11-13,15-16H,6-7,10H2,1-5H3/t15-,16+/m0/s1. The number of hydrogen-bond acceptors (Lipinski definition) is 6. The molecule has 0 radical (unpaired) electrons. The molecule has 0 spiro atoms. The van der Waals surface area contributed by atoms with E-state index in [0.29, 0.717) is 5.88 Å². The van der Waals surface area contributed by atoms with Crippen LogP contribution >= 0.6 is 0 Å². The summed E-state index contributed by atoms with van der Waals surface area (Å²) >= 11 is 0. The summed E-state index contributed by atoms with van der Waals surface area (Å²) in [5.41, 5.74) is 1.94. The maximum absolute atomic E-state index is 12.4. The highest BCUT2D eigenvalue weighted by Crippen LogP contribution is 2.30. The monoisotopic (exact) mass is 412 g/mol. The van der Waals surface area contributed by atoms with E-state index in [-0.39, 0.29) is 18.2 Å². The summed E-state index contributed by atoms with van der Waals surface area (Å²) in [5.74, 6) is 0.541. The van der Waals surface area contributed by atoms with Crippen molar-refractivity contribution in [1.29, 1.82) is 0 Å². The van der Waals surface area contributed by atoms with Gasteiger partial charge in [0.2, 0.25) is 5.88 Å². The van der Waals surface area contributed by atoms with Crippen LogP contribution in [0.1, 0.15) is 40.0 Å². The molecule has 9 heteroatoms. The van der Waals surface area contributed by atoms with Gasteiger partial charge in [0, 0.05) is 38.3 Å². The second kappa shape index (κ2) is 7.62. The van der Waals surface area contributed by atoms with E-state index in [0.717, 1.165) is 36.0 Å². The molecule has 160 valence electrons. The van der Waals surface area contributed by atoms with Gasteiger partial charge in [-0.2, -0.15) is 10.2 Å². The van der Waals surface area contributed by atoms with Gasteiger partial charge in [-0.25, -0.2) is 14.3 Å². The Morgan fingerprint density at radius 3 is 2.73 bits per heavy atom. The largest absolute Gasteiger partial charge is 0.473 e. The molecule has 1 amide bonds. The lowest BCUT2D eigenvalue weighted by molar-refractivity contribution is 0.0218. The van der Waals surface area contributed by atoms with E-state index in [1.54, 1.807) is 33.5 Å². The third-order valence-electron chi connectivity index (χ3n) is 5.22. The first-order valence-corrected chi connectivity index (χ1v) is 10.2. The van der Waals surface area contributed by atoms with Crippen LogP contribution in [0.5, 0.6) is 5.88 Å². The van der Waals surface area contributed by atoms with Crippen molar-refractivity contribution in [3.63, 3.8) is 0 Å². The Hall–Kier alpha value is -3.10. The summed E-state index contributed by atoms with van der Waals surface area (Å²) < 4.78 is 15.3. The molecule has 1 saturated carbocycles. The maximum atomic E-state index is 12.4. The molecule has 0 N–H and O–H groups in total. The zero-order valence-corrected chi connectivity index (χ0v) is 18.1. The van der Waals surface area contributed by atoms with Gasteiger partial charge in [0.15, 0.2) is 0 Å². The summed E-state index contributed by atoms with van der Waals surface area (Å²) in [6.07, 6.45) is 9.37. The molecular formula is C21H28N6O3. The zero-order valence-electron chi connectivity index (χ0n) is 18.1. The topological polar surface area (TPSA) is 86.8 Å². The van der Waals surface area contributed by atoms with Crippen molar-refractivity contribution in [2.24, 2.45) is 7.05 Å². The number of ether oxygens (including phenoxy) is 2. The van der Waals surface area contributed by atoms with Crippen LogP contribution in [0.15, 0.2) is 30.9 Å². The highest BCUT2D eigenvalue weighted by atomic mass is 16.6. The minimum Gasteiger partial charge on any atom is -0.473 e. The Morgan fingerprint density at radius 2 is 2.03 bits per heavy atom. The minimum atomic E-state index is -0.510. The fraction of sp³-hybridized carbons (Fsp3) is 0.524. The highest BCUT2D eigenvalue weighted by Gasteiger charge is 2.33. The molecule has 3 aromatic heterocycles. The predicted octanol–water partition coefficient (Wildman–Crippen LogP) is 3.30. The van der Waals surface area contributed by atoms with Gasteiger partial charge < -0.3 is 14.4 Å². The molecule has 9 nitrogen and oxygen atoms in total. The molecule has 30 heavy (non-hydrogen) atoms. The van der Waals surface area contributed by atoms with Crippen molar-refractivity contribution in [3.8, 4) is 17.1 Å². The van der Waals surface area contributed by atoms with Crippen molar-refractivity contribution in [3.05, 3.63) is 30.9 Å². The number of fused-ring (bicyclic) bond motifs is 1. The van der Waals surface area contributed by atoms with E-state index in [4.69, 9.17) is 14.5 Å². The molecule has 0 aromatic carbocycles. The first-order chi connectivity index (χ1) is 14.2. The van der Waals surface area contributed by atoms with Crippen LogP contribution in [0.3, 0.4) is 0 Å². The molecule has 3 heterocycles. The van der Waals surface area contributed by atoms with E-state index >= 15 is 0 Å². The van der Waals surface area contributed by atoms with Crippen LogP contribution < -0.4 is 4.74 Å². The van der Waals surface area contributed by atoms with Gasteiger partial charge in [-0.05, 0) is 39.7 Å². The smallest absolute Gasteiger partial charge is 0.410 e. The fourth-order valence-electron chi connectivity index (χ4n) is 3.69. The number of aromatic nitrogens is 5. The van der Waals surface area contributed by atoms with Gasteiger partial charge in [-0.1, -0.05) is 0 Å². The number of rotatable bonds is 4. The SMILES string of the molecule is CN(C(=O)OC(C)(C)C)[C@H]1CC[C@@H](Oc2nc(-c3cnn(C)c3)cn3nccc23)C1. The Morgan fingerprint density at radius 1 is 1.23 bits per heavy atom. The average molecular weight is 412 g/mol. The highest BCUT2D eigenvalue weighted by molar-refractivity contribution is 5.68. The van der Waals surface area contributed by atoms with E-state index in [1.807, 2.05) is 46.3 Å². The lowest BCUT2D eigenvalue weighted by Gasteiger charge is -2.28. The van der Waals surface area contributed by atoms with Crippen molar-refractivity contribution in [2.75, 3.05) is 7.05 Å². The van der Waals surface area contributed by atoms with E-state index in [1.165, 1.54) is 0 Å². The zero-order chi connectivity index (χ0) is 21.5. The Kier molecular flexibility index (Phi) is 5.13. The van der Waals surface area contributed by atoms with Gasteiger partial charge in [0.1, 0.15) is 17.2 Å². The van der Waals surface area contributed by atoms with Crippen molar-refractivity contribution >= 4 is 11.6 Å². The van der Waals surface area contributed by atoms with Crippen LogP contribution in [0.4, 0.5) is 4.79 Å². The summed E-state index contributed by atoms with van der Waals surface area (Å²) in [6, 6.07) is 1.96. The van der Waals surface area contributed by atoms with Gasteiger partial charge in [-0.3, -0.25) is 4.68 Å².